The molecule has 3 nitrogen and oxygen atoms in total. The molecule has 0 unspecified atom stereocenters. The minimum absolute atomic E-state index is 0.893. The zero-order valence-electron chi connectivity index (χ0n) is 7.42. The lowest BCUT2D eigenvalue weighted by Gasteiger charge is -1.96. The summed E-state index contributed by atoms with van der Waals surface area (Å²) in [6.07, 6.45) is 0. The summed E-state index contributed by atoms with van der Waals surface area (Å²) < 4.78 is 2.02. The van der Waals surface area contributed by atoms with Gasteiger partial charge in [0, 0.05) is 30.7 Å². The van der Waals surface area contributed by atoms with Gasteiger partial charge in [-0.25, -0.2) is 0 Å². The smallest absolute Gasteiger partial charge is 0.0805 e. The first-order valence-corrected chi connectivity index (χ1v) is 5.24. The molecule has 0 spiro atoms. The van der Waals surface area contributed by atoms with Crippen molar-refractivity contribution in [2.45, 2.75) is 18.1 Å². The molecule has 66 valence electrons. The van der Waals surface area contributed by atoms with Gasteiger partial charge in [0.05, 0.1) is 11.4 Å². The summed E-state index contributed by atoms with van der Waals surface area (Å²) in [5.41, 5.74) is 4.09. The van der Waals surface area contributed by atoms with Gasteiger partial charge in [0.2, 0.25) is 0 Å². The lowest BCUT2D eigenvalue weighted by atomic mass is 10.2. The second-order valence-corrected chi connectivity index (χ2v) is 4.00. The Bertz CT molecular complexity index is 293. The van der Waals surface area contributed by atoms with Crippen LogP contribution >= 0.6 is 11.8 Å². The summed E-state index contributed by atoms with van der Waals surface area (Å²) >= 11 is 1.98. The quantitative estimate of drug-likeness (QED) is 0.738. The molecule has 0 amide bonds. The molecule has 1 aliphatic heterocycles. The van der Waals surface area contributed by atoms with E-state index in [1.807, 2.05) is 30.5 Å². The van der Waals surface area contributed by atoms with Gasteiger partial charge >= 0.3 is 0 Å². The van der Waals surface area contributed by atoms with E-state index in [0.29, 0.717) is 0 Å². The van der Waals surface area contributed by atoms with Crippen molar-refractivity contribution in [3.8, 4) is 0 Å². The zero-order chi connectivity index (χ0) is 8.55. The number of nitrogens with one attached hydrogen (secondary N) is 1. The van der Waals surface area contributed by atoms with Gasteiger partial charge in [0.1, 0.15) is 0 Å². The van der Waals surface area contributed by atoms with Crippen LogP contribution in [0.1, 0.15) is 17.0 Å². The van der Waals surface area contributed by atoms with E-state index in [0.717, 1.165) is 18.1 Å². The molecule has 0 aliphatic carbocycles. The van der Waals surface area contributed by atoms with Crippen molar-refractivity contribution in [1.29, 1.82) is 0 Å². The number of fused-ring (bicyclic) bond motifs is 1. The van der Waals surface area contributed by atoms with Crippen molar-refractivity contribution in [2.75, 3.05) is 7.05 Å². The minimum Gasteiger partial charge on any atom is -0.314 e. The number of aryl methyl sites for hydroxylation is 1. The third-order valence-electron chi connectivity index (χ3n) is 2.19. The lowest BCUT2D eigenvalue weighted by Crippen LogP contribution is -2.07. The van der Waals surface area contributed by atoms with E-state index < -0.39 is 0 Å². The molecule has 1 aromatic heterocycles. The van der Waals surface area contributed by atoms with E-state index >= 15 is 0 Å². The number of hydrogen-bond donors (Lipinski definition) is 1. The van der Waals surface area contributed by atoms with Crippen LogP contribution in [0.4, 0.5) is 0 Å². The zero-order valence-corrected chi connectivity index (χ0v) is 8.24. The van der Waals surface area contributed by atoms with E-state index in [2.05, 4.69) is 10.4 Å². The van der Waals surface area contributed by atoms with E-state index in [9.17, 15) is 0 Å². The molecule has 1 aromatic rings. The molecule has 1 aliphatic rings. The second-order valence-electron chi connectivity index (χ2n) is 3.02. The predicted molar refractivity (Wildman–Crippen MR) is 51.0 cm³/mol. The first-order chi connectivity index (χ1) is 5.83. The fourth-order valence-corrected chi connectivity index (χ4v) is 2.76. The van der Waals surface area contributed by atoms with Crippen LogP contribution in [0.5, 0.6) is 0 Å². The fourth-order valence-electron chi connectivity index (χ4n) is 1.57. The van der Waals surface area contributed by atoms with Crippen LogP contribution in [0, 0.1) is 0 Å². The first-order valence-electron chi connectivity index (χ1n) is 4.09. The molecule has 2 rings (SSSR count). The first kappa shape index (κ1) is 8.13. The van der Waals surface area contributed by atoms with Crippen LogP contribution in [-0.2, 0) is 25.1 Å². The highest BCUT2D eigenvalue weighted by molar-refractivity contribution is 7.98. The largest absolute Gasteiger partial charge is 0.314 e. The van der Waals surface area contributed by atoms with Gasteiger partial charge in [0.25, 0.3) is 0 Å². The second kappa shape index (κ2) is 3.11. The molecule has 12 heavy (non-hydrogen) atoms. The van der Waals surface area contributed by atoms with Crippen molar-refractivity contribution >= 4 is 11.8 Å². The van der Waals surface area contributed by atoms with Crippen molar-refractivity contribution < 1.29 is 0 Å². The topological polar surface area (TPSA) is 29.9 Å². The highest BCUT2D eigenvalue weighted by Gasteiger charge is 2.20. The number of rotatable bonds is 2. The molecule has 2 heterocycles. The summed E-state index contributed by atoms with van der Waals surface area (Å²) in [5, 5.41) is 7.60. The number of hydrogen-bond acceptors (Lipinski definition) is 3. The Morgan fingerprint density at radius 2 is 2.42 bits per heavy atom. The summed E-state index contributed by atoms with van der Waals surface area (Å²) in [6, 6.07) is 0. The Kier molecular flexibility index (Phi) is 2.11. The molecule has 0 saturated heterocycles. The van der Waals surface area contributed by atoms with E-state index in [1.165, 1.54) is 17.0 Å². The van der Waals surface area contributed by atoms with Gasteiger partial charge in [-0.2, -0.15) is 16.9 Å². The number of nitrogens with zero attached hydrogens (tertiary/aromatic N) is 2. The summed E-state index contributed by atoms with van der Waals surface area (Å²) in [6.45, 7) is 0.893. The number of thioether (sulfide) groups is 1. The van der Waals surface area contributed by atoms with Crippen molar-refractivity contribution in [1.82, 2.24) is 15.1 Å². The van der Waals surface area contributed by atoms with Crippen LogP contribution in [-0.4, -0.2) is 16.8 Å². The van der Waals surface area contributed by atoms with Gasteiger partial charge in [0.15, 0.2) is 0 Å². The van der Waals surface area contributed by atoms with Crippen molar-refractivity contribution in [3.63, 3.8) is 0 Å². The monoisotopic (exact) mass is 183 g/mol. The van der Waals surface area contributed by atoms with E-state index in [-0.39, 0.29) is 0 Å². The molecule has 0 atom stereocenters. The van der Waals surface area contributed by atoms with Gasteiger partial charge in [-0.3, -0.25) is 4.68 Å². The van der Waals surface area contributed by atoms with Crippen LogP contribution in [0.25, 0.3) is 0 Å². The minimum atomic E-state index is 0.893. The van der Waals surface area contributed by atoms with Gasteiger partial charge < -0.3 is 5.32 Å². The molecule has 0 radical (unpaired) electrons. The number of aromatic nitrogens is 2. The molecular formula is C8H13N3S. The lowest BCUT2D eigenvalue weighted by molar-refractivity contribution is 0.696. The molecule has 0 saturated carbocycles. The van der Waals surface area contributed by atoms with Crippen LogP contribution in [0.15, 0.2) is 0 Å². The molecule has 0 bridgehead atoms. The Morgan fingerprint density at radius 3 is 3.17 bits per heavy atom. The molecular weight excluding hydrogens is 170 g/mol. The van der Waals surface area contributed by atoms with Gasteiger partial charge in [-0.05, 0) is 7.05 Å². The maximum absolute atomic E-state index is 4.46. The highest BCUT2D eigenvalue weighted by Crippen LogP contribution is 2.31. The van der Waals surface area contributed by atoms with E-state index in [1.54, 1.807) is 0 Å². The normalized spacial score (nSPS) is 15.2. The maximum Gasteiger partial charge on any atom is 0.0805 e. The standard InChI is InChI=1S/C8H13N3S/c1-9-3-7-6-4-12-5-8(6)11(2)10-7/h9H,3-5H2,1-2H3. The predicted octanol–water partition coefficient (Wildman–Crippen LogP) is 0.886. The Labute approximate surface area is 76.5 Å². The van der Waals surface area contributed by atoms with E-state index in [4.69, 9.17) is 0 Å². The van der Waals surface area contributed by atoms with Gasteiger partial charge in [-0.15, -0.1) is 0 Å². The van der Waals surface area contributed by atoms with Crippen LogP contribution < -0.4 is 5.32 Å². The third-order valence-corrected chi connectivity index (χ3v) is 3.16. The maximum atomic E-state index is 4.46. The SMILES string of the molecule is CNCc1nn(C)c2c1CSC2. The third kappa shape index (κ3) is 1.15. The Balaban J connectivity index is 2.37. The Hall–Kier alpha value is -0.480. The van der Waals surface area contributed by atoms with Crippen LogP contribution in [0.2, 0.25) is 0 Å². The fraction of sp³-hybridized carbons (Fsp3) is 0.625. The Morgan fingerprint density at radius 1 is 1.58 bits per heavy atom. The van der Waals surface area contributed by atoms with Gasteiger partial charge in [-0.1, -0.05) is 0 Å². The summed E-state index contributed by atoms with van der Waals surface area (Å²) in [5.74, 6) is 2.27. The summed E-state index contributed by atoms with van der Waals surface area (Å²) in [4.78, 5) is 0. The molecule has 4 heteroatoms. The van der Waals surface area contributed by atoms with Crippen LogP contribution in [0.3, 0.4) is 0 Å². The average Bonchev–Trinajstić information content (AvgIpc) is 2.58. The average molecular weight is 183 g/mol. The highest BCUT2D eigenvalue weighted by atomic mass is 32.2. The van der Waals surface area contributed by atoms with Crippen molar-refractivity contribution in [3.05, 3.63) is 17.0 Å². The molecule has 0 fully saturated rings. The molecule has 0 aromatic carbocycles. The summed E-state index contributed by atoms with van der Waals surface area (Å²) in [7, 11) is 3.99. The van der Waals surface area contributed by atoms with Crippen molar-refractivity contribution in [2.24, 2.45) is 7.05 Å². The molecule has 1 N–H and O–H groups in total.